The molecule has 126 valence electrons. The van der Waals surface area contributed by atoms with Gasteiger partial charge in [0.25, 0.3) is 0 Å². The lowest BCUT2D eigenvalue weighted by Gasteiger charge is -2.16. The SMILES string of the molecule is Cc1nnsc1CN(C)C(=O)NCCc1nc2c(C)cccc2[nH]1. The van der Waals surface area contributed by atoms with Crippen molar-refractivity contribution in [2.24, 2.45) is 0 Å². The van der Waals surface area contributed by atoms with Gasteiger partial charge in [-0.1, -0.05) is 16.6 Å². The molecule has 0 unspecified atom stereocenters. The fourth-order valence-electron chi connectivity index (χ4n) is 2.45. The number of hydrogen-bond acceptors (Lipinski definition) is 5. The molecule has 2 amide bonds. The zero-order valence-corrected chi connectivity index (χ0v) is 14.8. The molecular weight excluding hydrogens is 324 g/mol. The van der Waals surface area contributed by atoms with E-state index >= 15 is 0 Å². The van der Waals surface area contributed by atoms with Crippen molar-refractivity contribution in [2.75, 3.05) is 13.6 Å². The van der Waals surface area contributed by atoms with Gasteiger partial charge in [-0.3, -0.25) is 0 Å². The van der Waals surface area contributed by atoms with Gasteiger partial charge in [-0.25, -0.2) is 9.78 Å². The Bertz CT molecular complexity index is 855. The summed E-state index contributed by atoms with van der Waals surface area (Å²) in [7, 11) is 1.76. The number of amides is 2. The van der Waals surface area contributed by atoms with E-state index in [2.05, 4.69) is 24.9 Å². The minimum absolute atomic E-state index is 0.116. The number of nitrogens with zero attached hydrogens (tertiary/aromatic N) is 4. The van der Waals surface area contributed by atoms with E-state index in [0.717, 1.165) is 33.0 Å². The van der Waals surface area contributed by atoms with Crippen LogP contribution in [0.2, 0.25) is 0 Å². The van der Waals surface area contributed by atoms with Crippen LogP contribution in [0.3, 0.4) is 0 Å². The molecule has 3 rings (SSSR count). The highest BCUT2D eigenvalue weighted by Gasteiger charge is 2.12. The molecular formula is C16H20N6OS. The average Bonchev–Trinajstić information content (AvgIpc) is 3.14. The Morgan fingerprint density at radius 1 is 1.38 bits per heavy atom. The van der Waals surface area contributed by atoms with Crippen LogP contribution in [-0.4, -0.2) is 44.1 Å². The molecule has 3 aromatic rings. The third-order valence-corrected chi connectivity index (χ3v) is 4.68. The van der Waals surface area contributed by atoms with Gasteiger partial charge in [0.15, 0.2) is 0 Å². The molecule has 0 saturated carbocycles. The number of fused-ring (bicyclic) bond motifs is 1. The van der Waals surface area contributed by atoms with Gasteiger partial charge in [-0.05, 0) is 37.0 Å². The van der Waals surface area contributed by atoms with Crippen molar-refractivity contribution in [3.8, 4) is 0 Å². The number of aromatic amines is 1. The lowest BCUT2D eigenvalue weighted by atomic mass is 10.2. The topological polar surface area (TPSA) is 86.8 Å². The molecule has 0 aliphatic rings. The van der Waals surface area contributed by atoms with Gasteiger partial charge in [-0.2, -0.15) is 0 Å². The zero-order valence-electron chi connectivity index (χ0n) is 14.0. The summed E-state index contributed by atoms with van der Waals surface area (Å²) in [5, 5.41) is 6.87. The van der Waals surface area contributed by atoms with E-state index in [4.69, 9.17) is 0 Å². The monoisotopic (exact) mass is 344 g/mol. The molecule has 0 aliphatic carbocycles. The van der Waals surface area contributed by atoms with Gasteiger partial charge in [0.2, 0.25) is 0 Å². The van der Waals surface area contributed by atoms with Crippen molar-refractivity contribution in [1.82, 2.24) is 29.8 Å². The number of aryl methyl sites for hydroxylation is 2. The number of carbonyl (C=O) groups is 1. The predicted octanol–water partition coefficient (Wildman–Crippen LogP) is 2.42. The highest BCUT2D eigenvalue weighted by molar-refractivity contribution is 7.05. The molecule has 0 spiro atoms. The maximum Gasteiger partial charge on any atom is 0.317 e. The first-order valence-corrected chi connectivity index (χ1v) is 8.53. The van der Waals surface area contributed by atoms with Crippen LogP contribution >= 0.6 is 11.5 Å². The van der Waals surface area contributed by atoms with Crippen LogP contribution in [0, 0.1) is 13.8 Å². The molecule has 7 nitrogen and oxygen atoms in total. The first-order valence-electron chi connectivity index (χ1n) is 7.75. The predicted molar refractivity (Wildman–Crippen MR) is 94.0 cm³/mol. The number of imidazole rings is 1. The minimum Gasteiger partial charge on any atom is -0.342 e. The van der Waals surface area contributed by atoms with Gasteiger partial charge in [0, 0.05) is 20.0 Å². The number of rotatable bonds is 5. The zero-order chi connectivity index (χ0) is 17.1. The second-order valence-electron chi connectivity index (χ2n) is 5.77. The van der Waals surface area contributed by atoms with E-state index in [0.29, 0.717) is 19.5 Å². The Balaban J connectivity index is 1.52. The quantitative estimate of drug-likeness (QED) is 0.744. The number of carbonyl (C=O) groups excluding carboxylic acids is 1. The van der Waals surface area contributed by atoms with Crippen molar-refractivity contribution in [3.63, 3.8) is 0 Å². The van der Waals surface area contributed by atoms with Crippen LogP contribution in [0.4, 0.5) is 4.79 Å². The fraction of sp³-hybridized carbons (Fsp3) is 0.375. The number of hydrogen-bond donors (Lipinski definition) is 2. The highest BCUT2D eigenvalue weighted by Crippen LogP contribution is 2.15. The average molecular weight is 344 g/mol. The van der Waals surface area contributed by atoms with E-state index in [1.165, 1.54) is 11.5 Å². The van der Waals surface area contributed by atoms with Crippen LogP contribution in [0.25, 0.3) is 11.0 Å². The fourth-order valence-corrected chi connectivity index (χ4v) is 3.14. The van der Waals surface area contributed by atoms with Crippen LogP contribution in [0.15, 0.2) is 18.2 Å². The lowest BCUT2D eigenvalue weighted by molar-refractivity contribution is 0.207. The third kappa shape index (κ3) is 3.53. The summed E-state index contributed by atoms with van der Waals surface area (Å²) in [5.41, 5.74) is 4.04. The van der Waals surface area contributed by atoms with Gasteiger partial charge in [-0.15, -0.1) is 5.10 Å². The Morgan fingerprint density at radius 3 is 2.92 bits per heavy atom. The van der Waals surface area contributed by atoms with Crippen molar-refractivity contribution in [2.45, 2.75) is 26.8 Å². The Labute approximate surface area is 144 Å². The second kappa shape index (κ2) is 6.96. The standard InChI is InChI=1S/C16H20N6OS/c1-10-5-4-6-12-15(10)19-14(18-12)7-8-17-16(23)22(3)9-13-11(2)20-21-24-13/h4-6H,7-9H2,1-3H3,(H,17,23)(H,18,19). The number of aromatic nitrogens is 4. The molecule has 0 fully saturated rings. The van der Waals surface area contributed by atoms with Crippen LogP contribution < -0.4 is 5.32 Å². The van der Waals surface area contributed by atoms with E-state index in [1.807, 2.05) is 32.0 Å². The molecule has 8 heteroatoms. The Morgan fingerprint density at radius 2 is 2.21 bits per heavy atom. The molecule has 2 N–H and O–H groups in total. The summed E-state index contributed by atoms with van der Waals surface area (Å²) in [5.74, 6) is 0.879. The van der Waals surface area contributed by atoms with Crippen molar-refractivity contribution in [3.05, 3.63) is 40.2 Å². The van der Waals surface area contributed by atoms with E-state index in [9.17, 15) is 4.79 Å². The van der Waals surface area contributed by atoms with Gasteiger partial charge in [0.1, 0.15) is 5.82 Å². The molecule has 0 saturated heterocycles. The van der Waals surface area contributed by atoms with Crippen molar-refractivity contribution < 1.29 is 4.79 Å². The highest BCUT2D eigenvalue weighted by atomic mass is 32.1. The molecule has 0 aliphatic heterocycles. The van der Waals surface area contributed by atoms with Crippen LogP contribution in [0.1, 0.15) is 22.0 Å². The normalized spacial score (nSPS) is 11.0. The molecule has 0 atom stereocenters. The minimum atomic E-state index is -0.116. The summed E-state index contributed by atoms with van der Waals surface area (Å²) in [6, 6.07) is 5.94. The Hall–Kier alpha value is -2.48. The molecule has 0 bridgehead atoms. The number of H-pyrrole nitrogens is 1. The van der Waals surface area contributed by atoms with Gasteiger partial charge >= 0.3 is 6.03 Å². The number of urea groups is 1. The molecule has 2 heterocycles. The molecule has 1 aromatic carbocycles. The lowest BCUT2D eigenvalue weighted by Crippen LogP contribution is -2.37. The summed E-state index contributed by atoms with van der Waals surface area (Å²) < 4.78 is 3.88. The first-order chi connectivity index (χ1) is 11.5. The smallest absolute Gasteiger partial charge is 0.317 e. The van der Waals surface area contributed by atoms with Gasteiger partial charge in [0.05, 0.1) is 28.1 Å². The summed E-state index contributed by atoms with van der Waals surface area (Å²) in [6.07, 6.45) is 0.662. The van der Waals surface area contributed by atoms with Crippen LogP contribution in [0.5, 0.6) is 0 Å². The van der Waals surface area contributed by atoms with Crippen molar-refractivity contribution >= 4 is 28.6 Å². The number of para-hydroxylation sites is 1. The summed E-state index contributed by atoms with van der Waals surface area (Å²) >= 11 is 1.32. The van der Waals surface area contributed by atoms with E-state index < -0.39 is 0 Å². The van der Waals surface area contributed by atoms with Crippen molar-refractivity contribution in [1.29, 1.82) is 0 Å². The Kier molecular flexibility index (Phi) is 4.75. The number of benzene rings is 1. The van der Waals surface area contributed by atoms with Gasteiger partial charge < -0.3 is 15.2 Å². The number of nitrogens with one attached hydrogen (secondary N) is 2. The van der Waals surface area contributed by atoms with Crippen LogP contribution in [-0.2, 0) is 13.0 Å². The maximum atomic E-state index is 12.1. The molecule has 0 radical (unpaired) electrons. The maximum absolute atomic E-state index is 12.1. The summed E-state index contributed by atoms with van der Waals surface area (Å²) in [6.45, 7) is 4.98. The molecule has 2 aromatic heterocycles. The van der Waals surface area contributed by atoms with E-state index in [1.54, 1.807) is 11.9 Å². The first kappa shape index (κ1) is 16.4. The second-order valence-corrected chi connectivity index (χ2v) is 6.61. The third-order valence-electron chi connectivity index (χ3n) is 3.87. The van der Waals surface area contributed by atoms with E-state index in [-0.39, 0.29) is 6.03 Å². The summed E-state index contributed by atoms with van der Waals surface area (Å²) in [4.78, 5) is 22.7. The largest absolute Gasteiger partial charge is 0.342 e. The molecule has 24 heavy (non-hydrogen) atoms.